The highest BCUT2D eigenvalue weighted by Gasteiger charge is 2.38. The van der Waals surface area contributed by atoms with Gasteiger partial charge in [0.1, 0.15) is 5.82 Å². The molecule has 0 aliphatic carbocycles. The number of imidazole rings is 1. The van der Waals surface area contributed by atoms with Gasteiger partial charge in [0.05, 0.1) is 6.20 Å². The maximum atomic E-state index is 10.6. The lowest BCUT2D eigenvalue weighted by Crippen LogP contribution is -2.21. The molecule has 0 bridgehead atoms. The Balaban J connectivity index is 0.000000423. The lowest BCUT2D eigenvalue weighted by atomic mass is 9.89. The number of carbonyl (C=O) groups is 1. The largest absolute Gasteiger partial charge is 0.490 e. The van der Waals surface area contributed by atoms with E-state index in [0.29, 0.717) is 0 Å². The summed E-state index contributed by atoms with van der Waals surface area (Å²) in [6.07, 6.45) is 0.623. The van der Waals surface area contributed by atoms with Gasteiger partial charge in [-0.3, -0.25) is 5.10 Å². The monoisotopic (exact) mass is 437 g/mol. The molecule has 0 fully saturated rings. The number of H-pyrrole nitrogens is 1. The zero-order valence-corrected chi connectivity index (χ0v) is 17.8. The molecule has 0 unspecified atom stereocenters. The molecule has 1 aromatic carbocycles. The number of carboxylic acids is 1. The van der Waals surface area contributed by atoms with E-state index in [1.165, 1.54) is 16.8 Å². The van der Waals surface area contributed by atoms with Gasteiger partial charge in [-0.2, -0.15) is 18.3 Å². The third-order valence-corrected chi connectivity index (χ3v) is 4.36. The Morgan fingerprint density at radius 1 is 1.23 bits per heavy atom. The molecule has 0 atom stereocenters. The van der Waals surface area contributed by atoms with Gasteiger partial charge in [0.2, 0.25) is 0 Å². The number of carboxylic acid groups (broad SMARTS) is 1. The van der Waals surface area contributed by atoms with Gasteiger partial charge in [-0.05, 0) is 11.6 Å². The first-order valence-electron chi connectivity index (χ1n) is 9.49. The minimum absolute atomic E-state index is 0.0750. The second-order valence-electron chi connectivity index (χ2n) is 7.99. The van der Waals surface area contributed by atoms with E-state index >= 15 is 0 Å². The van der Waals surface area contributed by atoms with Crippen LogP contribution in [-0.4, -0.2) is 37.0 Å². The van der Waals surface area contributed by atoms with E-state index in [2.05, 4.69) is 65.5 Å². The van der Waals surface area contributed by atoms with Crippen LogP contribution in [0.25, 0.3) is 11.4 Å². The van der Waals surface area contributed by atoms with E-state index < -0.39 is 12.1 Å². The highest BCUT2D eigenvalue weighted by atomic mass is 19.4. The summed E-state index contributed by atoms with van der Waals surface area (Å²) in [5.41, 5.74) is 4.88. The standard InChI is InChI=1S/C19H25N5.C2HF3O2/c1-19(2,3)17-16(13-22-23-17)12-20-11-14-6-5-7-15(10-14)18-21-8-9-24(18)4;3-2(4,5)1(6)7/h5-10,13,20H,11-12H2,1-4H3,(H,22,23);(H,6,7). The van der Waals surface area contributed by atoms with E-state index in [4.69, 9.17) is 9.90 Å². The molecule has 3 rings (SSSR count). The molecule has 3 N–H and O–H groups in total. The average molecular weight is 437 g/mol. The first kappa shape index (κ1) is 24.1. The smallest absolute Gasteiger partial charge is 0.475 e. The molecule has 0 radical (unpaired) electrons. The van der Waals surface area contributed by atoms with Gasteiger partial charge < -0.3 is 15.0 Å². The van der Waals surface area contributed by atoms with Gasteiger partial charge >= 0.3 is 12.1 Å². The summed E-state index contributed by atoms with van der Waals surface area (Å²) in [7, 11) is 2.01. The zero-order valence-electron chi connectivity index (χ0n) is 17.8. The number of aromatic nitrogens is 4. The summed E-state index contributed by atoms with van der Waals surface area (Å²) in [4.78, 5) is 13.3. The summed E-state index contributed by atoms with van der Waals surface area (Å²) in [6, 6.07) is 8.51. The van der Waals surface area contributed by atoms with E-state index in [9.17, 15) is 13.2 Å². The molecule has 31 heavy (non-hydrogen) atoms. The molecule has 3 aromatic rings. The summed E-state index contributed by atoms with van der Waals surface area (Å²) in [6.45, 7) is 8.20. The summed E-state index contributed by atoms with van der Waals surface area (Å²) in [5, 5.41) is 18.0. The number of halogens is 3. The van der Waals surface area contributed by atoms with Gasteiger partial charge in [0.15, 0.2) is 0 Å². The SMILES string of the molecule is Cn1ccnc1-c1cccc(CNCc2cn[nH]c2C(C)(C)C)c1.O=C(O)C(F)(F)F. The van der Waals surface area contributed by atoms with Crippen molar-refractivity contribution in [3.63, 3.8) is 0 Å². The van der Waals surface area contributed by atoms with E-state index in [1.54, 1.807) is 0 Å². The predicted octanol–water partition coefficient (Wildman–Crippen LogP) is 4.03. The Hall–Kier alpha value is -3.14. The Kier molecular flexibility index (Phi) is 7.61. The normalized spacial score (nSPS) is 11.7. The maximum absolute atomic E-state index is 10.6. The molecule has 0 aliphatic heterocycles. The molecule has 2 aromatic heterocycles. The van der Waals surface area contributed by atoms with Crippen LogP contribution in [-0.2, 0) is 30.3 Å². The van der Waals surface area contributed by atoms with Crippen LogP contribution in [0.2, 0.25) is 0 Å². The Bertz CT molecular complexity index is 1000. The minimum Gasteiger partial charge on any atom is -0.475 e. The molecule has 0 aliphatic rings. The van der Waals surface area contributed by atoms with Crippen LogP contribution in [0.3, 0.4) is 0 Å². The second-order valence-corrected chi connectivity index (χ2v) is 7.99. The van der Waals surface area contributed by atoms with Crippen molar-refractivity contribution in [3.8, 4) is 11.4 Å². The number of aryl methyl sites for hydroxylation is 1. The lowest BCUT2D eigenvalue weighted by Gasteiger charge is -2.18. The van der Waals surface area contributed by atoms with Gasteiger partial charge in [0.25, 0.3) is 0 Å². The number of alkyl halides is 3. The molecule has 10 heteroatoms. The summed E-state index contributed by atoms with van der Waals surface area (Å²) >= 11 is 0. The van der Waals surface area contributed by atoms with Crippen LogP contribution in [0.1, 0.15) is 37.6 Å². The number of rotatable bonds is 5. The second kappa shape index (κ2) is 9.78. The van der Waals surface area contributed by atoms with E-state index in [-0.39, 0.29) is 5.41 Å². The van der Waals surface area contributed by atoms with E-state index in [1.807, 2.05) is 30.2 Å². The molecular weight excluding hydrogens is 411 g/mol. The Morgan fingerprint density at radius 3 is 2.45 bits per heavy atom. The zero-order chi connectivity index (χ0) is 23.2. The molecule has 7 nitrogen and oxygen atoms in total. The molecule has 0 spiro atoms. The van der Waals surface area contributed by atoms with Gasteiger partial charge in [-0.25, -0.2) is 9.78 Å². The molecule has 2 heterocycles. The summed E-state index contributed by atoms with van der Waals surface area (Å²) < 4.78 is 33.8. The van der Waals surface area contributed by atoms with Crippen LogP contribution < -0.4 is 5.32 Å². The lowest BCUT2D eigenvalue weighted by molar-refractivity contribution is -0.192. The number of aliphatic carboxylic acids is 1. The molecule has 168 valence electrons. The van der Waals surface area contributed by atoms with E-state index in [0.717, 1.165) is 24.5 Å². The number of aromatic amines is 1. The Labute approximate surface area is 178 Å². The number of hydrogen-bond acceptors (Lipinski definition) is 4. The molecular formula is C21H26F3N5O2. The highest BCUT2D eigenvalue weighted by molar-refractivity contribution is 5.73. The first-order chi connectivity index (χ1) is 14.4. The van der Waals surface area contributed by atoms with Crippen molar-refractivity contribution >= 4 is 5.97 Å². The fourth-order valence-electron chi connectivity index (χ4n) is 2.90. The van der Waals surface area contributed by atoms with Crippen molar-refractivity contribution in [2.75, 3.05) is 0 Å². The fraction of sp³-hybridized carbons (Fsp3) is 0.381. The van der Waals surface area contributed by atoms with Crippen molar-refractivity contribution in [1.29, 1.82) is 0 Å². The average Bonchev–Trinajstić information content (AvgIpc) is 3.30. The van der Waals surface area contributed by atoms with Crippen LogP contribution in [0.4, 0.5) is 13.2 Å². The number of hydrogen-bond donors (Lipinski definition) is 3. The van der Waals surface area contributed by atoms with Gasteiger partial charge in [-0.1, -0.05) is 39.0 Å². The van der Waals surface area contributed by atoms with Crippen molar-refractivity contribution in [2.45, 2.75) is 45.5 Å². The Morgan fingerprint density at radius 2 is 1.90 bits per heavy atom. The number of nitrogens with zero attached hydrogens (tertiary/aromatic N) is 3. The first-order valence-corrected chi connectivity index (χ1v) is 9.49. The predicted molar refractivity (Wildman–Crippen MR) is 110 cm³/mol. The van der Waals surface area contributed by atoms with Crippen LogP contribution >= 0.6 is 0 Å². The molecule has 0 saturated carbocycles. The topological polar surface area (TPSA) is 95.8 Å². The molecule has 0 saturated heterocycles. The number of nitrogens with one attached hydrogen (secondary N) is 2. The third kappa shape index (κ3) is 6.95. The minimum atomic E-state index is -5.08. The number of benzene rings is 1. The van der Waals surface area contributed by atoms with Crippen molar-refractivity contribution in [1.82, 2.24) is 25.1 Å². The van der Waals surface area contributed by atoms with Crippen molar-refractivity contribution in [3.05, 3.63) is 59.7 Å². The summed E-state index contributed by atoms with van der Waals surface area (Å²) in [5.74, 6) is -1.77. The highest BCUT2D eigenvalue weighted by Crippen LogP contribution is 2.23. The van der Waals surface area contributed by atoms with Crippen LogP contribution in [0, 0.1) is 0 Å². The van der Waals surface area contributed by atoms with Crippen molar-refractivity contribution < 1.29 is 23.1 Å². The third-order valence-electron chi connectivity index (χ3n) is 4.36. The fourth-order valence-corrected chi connectivity index (χ4v) is 2.90. The van der Waals surface area contributed by atoms with Gasteiger partial charge in [-0.15, -0.1) is 0 Å². The van der Waals surface area contributed by atoms with Crippen LogP contribution in [0.5, 0.6) is 0 Å². The van der Waals surface area contributed by atoms with Crippen molar-refractivity contribution in [2.24, 2.45) is 7.05 Å². The quantitative estimate of drug-likeness (QED) is 0.560. The maximum Gasteiger partial charge on any atom is 0.490 e. The van der Waals surface area contributed by atoms with Gasteiger partial charge in [0, 0.05) is 54.8 Å². The van der Waals surface area contributed by atoms with Crippen LogP contribution in [0.15, 0.2) is 42.9 Å². The molecule has 0 amide bonds.